The van der Waals surface area contributed by atoms with Crippen molar-refractivity contribution in [1.82, 2.24) is 0 Å². The summed E-state index contributed by atoms with van der Waals surface area (Å²) < 4.78 is 1.02. The van der Waals surface area contributed by atoms with E-state index >= 15 is 0 Å². The number of benzene rings is 1. The zero-order chi connectivity index (χ0) is 10.8. The first kappa shape index (κ1) is 12.1. The Morgan fingerprint density at radius 1 is 1.29 bits per heavy atom. The van der Waals surface area contributed by atoms with Crippen molar-refractivity contribution in [2.45, 2.75) is 19.6 Å². The van der Waals surface area contributed by atoms with E-state index in [-0.39, 0.29) is 0 Å². The third kappa shape index (κ3) is 4.49. The predicted octanol–water partition coefficient (Wildman–Crippen LogP) is 4.39. The molecule has 0 aromatic heterocycles. The Labute approximate surface area is 100.0 Å². The number of nitrogens with one attached hydrogen (secondary N) is 1. The first-order valence-corrected chi connectivity index (χ1v) is 9.45. The SMILES string of the molecule is C[Si](C)(C)CNc1cc(Cl)cc(Br)c1. The quantitative estimate of drug-likeness (QED) is 0.815. The molecule has 0 radical (unpaired) electrons. The van der Waals surface area contributed by atoms with Gasteiger partial charge in [-0.1, -0.05) is 47.2 Å². The molecule has 0 spiro atoms. The monoisotopic (exact) mass is 291 g/mol. The van der Waals surface area contributed by atoms with Gasteiger partial charge in [0.2, 0.25) is 0 Å². The maximum absolute atomic E-state index is 5.94. The van der Waals surface area contributed by atoms with E-state index in [1.807, 2.05) is 18.2 Å². The van der Waals surface area contributed by atoms with E-state index in [4.69, 9.17) is 11.6 Å². The van der Waals surface area contributed by atoms with E-state index < -0.39 is 8.07 Å². The maximum Gasteiger partial charge on any atom is 0.0662 e. The highest BCUT2D eigenvalue weighted by atomic mass is 79.9. The van der Waals surface area contributed by atoms with Crippen LogP contribution in [-0.4, -0.2) is 14.2 Å². The smallest absolute Gasteiger partial charge is 0.0662 e. The van der Waals surface area contributed by atoms with Crippen LogP contribution in [-0.2, 0) is 0 Å². The fourth-order valence-corrected chi connectivity index (χ4v) is 2.62. The van der Waals surface area contributed by atoms with E-state index in [0.717, 1.165) is 21.4 Å². The number of rotatable bonds is 3. The van der Waals surface area contributed by atoms with E-state index in [1.54, 1.807) is 0 Å². The van der Waals surface area contributed by atoms with Crippen LogP contribution in [0.3, 0.4) is 0 Å². The van der Waals surface area contributed by atoms with Crippen molar-refractivity contribution in [2.24, 2.45) is 0 Å². The largest absolute Gasteiger partial charge is 0.388 e. The van der Waals surface area contributed by atoms with Gasteiger partial charge in [-0.05, 0) is 18.2 Å². The van der Waals surface area contributed by atoms with Crippen LogP contribution >= 0.6 is 27.5 Å². The van der Waals surface area contributed by atoms with Gasteiger partial charge >= 0.3 is 0 Å². The van der Waals surface area contributed by atoms with Crippen LogP contribution in [0.5, 0.6) is 0 Å². The molecule has 0 atom stereocenters. The minimum Gasteiger partial charge on any atom is -0.388 e. The van der Waals surface area contributed by atoms with Gasteiger partial charge in [0.15, 0.2) is 0 Å². The molecule has 14 heavy (non-hydrogen) atoms. The number of hydrogen-bond donors (Lipinski definition) is 1. The lowest BCUT2D eigenvalue weighted by molar-refractivity contribution is 1.36. The predicted molar refractivity (Wildman–Crippen MR) is 71.0 cm³/mol. The third-order valence-electron chi connectivity index (χ3n) is 1.69. The van der Waals surface area contributed by atoms with Gasteiger partial charge in [-0.2, -0.15) is 0 Å². The molecular weight excluding hydrogens is 278 g/mol. The van der Waals surface area contributed by atoms with Crippen molar-refractivity contribution in [3.8, 4) is 0 Å². The Balaban J connectivity index is 2.68. The highest BCUT2D eigenvalue weighted by molar-refractivity contribution is 9.10. The lowest BCUT2D eigenvalue weighted by atomic mass is 10.3. The molecule has 0 bridgehead atoms. The van der Waals surface area contributed by atoms with Gasteiger partial charge in [-0.25, -0.2) is 0 Å². The van der Waals surface area contributed by atoms with Crippen LogP contribution in [0.25, 0.3) is 0 Å². The Bertz CT molecular complexity index is 302. The summed E-state index contributed by atoms with van der Waals surface area (Å²) in [6.45, 7) is 7.00. The number of hydrogen-bond acceptors (Lipinski definition) is 1. The average Bonchev–Trinajstić information content (AvgIpc) is 1.97. The minimum atomic E-state index is -1.04. The van der Waals surface area contributed by atoms with E-state index in [2.05, 4.69) is 40.9 Å². The molecule has 0 saturated carbocycles. The molecule has 78 valence electrons. The lowest BCUT2D eigenvalue weighted by Gasteiger charge is -2.17. The van der Waals surface area contributed by atoms with Gasteiger partial charge in [-0.15, -0.1) is 0 Å². The van der Waals surface area contributed by atoms with Crippen LogP contribution < -0.4 is 5.32 Å². The van der Waals surface area contributed by atoms with Crippen LogP contribution in [0.2, 0.25) is 24.7 Å². The van der Waals surface area contributed by atoms with Gasteiger partial charge in [-0.3, -0.25) is 0 Å². The first-order valence-electron chi connectivity index (χ1n) is 4.57. The van der Waals surface area contributed by atoms with E-state index in [0.29, 0.717) is 0 Å². The van der Waals surface area contributed by atoms with Gasteiger partial charge < -0.3 is 5.32 Å². The van der Waals surface area contributed by atoms with E-state index in [9.17, 15) is 0 Å². The highest BCUT2D eigenvalue weighted by Crippen LogP contribution is 2.23. The first-order chi connectivity index (χ1) is 6.37. The number of anilines is 1. The third-order valence-corrected chi connectivity index (χ3v) is 3.60. The molecule has 0 unspecified atom stereocenters. The fourth-order valence-electron chi connectivity index (χ4n) is 1.02. The standard InChI is InChI=1S/C10H15BrClNSi/c1-14(2,3)7-13-10-5-8(11)4-9(12)6-10/h4-6,13H,7H2,1-3H3. The van der Waals surface area contributed by atoms with Crippen LogP contribution in [0.4, 0.5) is 5.69 Å². The molecule has 0 aliphatic heterocycles. The molecule has 1 rings (SSSR count). The maximum atomic E-state index is 5.94. The van der Waals surface area contributed by atoms with Gasteiger partial charge in [0.1, 0.15) is 0 Å². The minimum absolute atomic E-state index is 0.762. The Kier molecular flexibility index (Phi) is 4.04. The van der Waals surface area contributed by atoms with Crippen LogP contribution in [0.1, 0.15) is 0 Å². The Morgan fingerprint density at radius 3 is 2.43 bits per heavy atom. The highest BCUT2D eigenvalue weighted by Gasteiger charge is 2.12. The molecule has 0 fully saturated rings. The van der Waals surface area contributed by atoms with E-state index in [1.165, 1.54) is 0 Å². The Hall–Kier alpha value is 0.00688. The van der Waals surface area contributed by atoms with Crippen molar-refractivity contribution >= 4 is 41.3 Å². The topological polar surface area (TPSA) is 12.0 Å². The summed E-state index contributed by atoms with van der Waals surface area (Å²) in [4.78, 5) is 0. The molecule has 4 heteroatoms. The molecule has 0 heterocycles. The summed E-state index contributed by atoms with van der Waals surface area (Å²) in [5.41, 5.74) is 1.09. The summed E-state index contributed by atoms with van der Waals surface area (Å²) >= 11 is 9.36. The van der Waals surface area contributed by atoms with Crippen molar-refractivity contribution < 1.29 is 0 Å². The van der Waals surface area contributed by atoms with Crippen molar-refractivity contribution in [3.05, 3.63) is 27.7 Å². The molecule has 1 aromatic carbocycles. The second kappa shape index (κ2) is 4.68. The zero-order valence-corrected chi connectivity index (χ0v) is 12.0. The molecule has 0 amide bonds. The Morgan fingerprint density at radius 2 is 1.93 bits per heavy atom. The van der Waals surface area contributed by atoms with Crippen molar-refractivity contribution in [2.75, 3.05) is 11.5 Å². The van der Waals surface area contributed by atoms with Crippen LogP contribution in [0.15, 0.2) is 22.7 Å². The van der Waals surface area contributed by atoms with Gasteiger partial charge in [0.05, 0.1) is 8.07 Å². The molecule has 0 saturated heterocycles. The molecule has 0 aliphatic rings. The van der Waals surface area contributed by atoms with Gasteiger partial charge in [0.25, 0.3) is 0 Å². The molecular formula is C10H15BrClNSi. The molecule has 1 N–H and O–H groups in total. The molecule has 0 aliphatic carbocycles. The number of halogens is 2. The summed E-state index contributed by atoms with van der Waals surface area (Å²) in [7, 11) is -1.04. The second-order valence-corrected chi connectivity index (χ2v) is 11.4. The summed E-state index contributed by atoms with van der Waals surface area (Å²) in [6.07, 6.45) is 1.07. The zero-order valence-electron chi connectivity index (χ0n) is 8.70. The van der Waals surface area contributed by atoms with Crippen molar-refractivity contribution in [3.63, 3.8) is 0 Å². The summed E-state index contributed by atoms with van der Waals surface area (Å²) in [6, 6.07) is 5.89. The normalized spacial score (nSPS) is 11.5. The lowest BCUT2D eigenvalue weighted by Crippen LogP contribution is -2.31. The summed E-state index contributed by atoms with van der Waals surface area (Å²) in [5, 5.41) is 4.18. The van der Waals surface area contributed by atoms with Crippen molar-refractivity contribution in [1.29, 1.82) is 0 Å². The van der Waals surface area contributed by atoms with Gasteiger partial charge in [0, 0.05) is 21.4 Å². The fraction of sp³-hybridized carbons (Fsp3) is 0.400. The second-order valence-electron chi connectivity index (χ2n) is 4.57. The average molecular weight is 293 g/mol. The van der Waals surface area contributed by atoms with Crippen LogP contribution in [0, 0.1) is 0 Å². The molecule has 1 aromatic rings. The summed E-state index contributed by atoms with van der Waals surface area (Å²) in [5.74, 6) is 0. The molecule has 1 nitrogen and oxygen atoms in total.